The number of fused-ring (bicyclic) bond motifs is 1. The zero-order valence-electron chi connectivity index (χ0n) is 14.7. The number of carbonyl (C=O) groups excluding carboxylic acids is 1. The van der Waals surface area contributed by atoms with Crippen molar-refractivity contribution >= 4 is 28.4 Å². The molecule has 26 heavy (non-hydrogen) atoms. The van der Waals surface area contributed by atoms with E-state index in [1.807, 2.05) is 30.5 Å². The second-order valence-electron chi connectivity index (χ2n) is 5.67. The Balaban J connectivity index is 1.53. The lowest BCUT2D eigenvalue weighted by atomic mass is 10.2. The molecule has 1 N–H and O–H groups in total. The molecule has 0 spiro atoms. The van der Waals surface area contributed by atoms with E-state index in [9.17, 15) is 9.59 Å². The van der Waals surface area contributed by atoms with E-state index in [2.05, 4.69) is 20.6 Å². The van der Waals surface area contributed by atoms with Gasteiger partial charge in [0.15, 0.2) is 5.16 Å². The van der Waals surface area contributed by atoms with Crippen LogP contribution in [-0.2, 0) is 17.9 Å². The molecule has 8 nitrogen and oxygen atoms in total. The fraction of sp³-hybridized carbons (Fsp3) is 0.353. The highest BCUT2D eigenvalue weighted by Crippen LogP contribution is 2.15. The Hall–Kier alpha value is -2.68. The normalized spacial score (nSPS) is 11.0. The molecule has 136 valence electrons. The van der Waals surface area contributed by atoms with Crippen molar-refractivity contribution < 1.29 is 4.79 Å². The number of hydrogen-bond acceptors (Lipinski definition) is 6. The van der Waals surface area contributed by atoms with Crippen molar-refractivity contribution in [3.05, 3.63) is 46.6 Å². The molecule has 3 aromatic rings. The Labute approximate surface area is 154 Å². The summed E-state index contributed by atoms with van der Waals surface area (Å²) >= 11 is 1.54. The minimum absolute atomic E-state index is 0.0986. The van der Waals surface area contributed by atoms with E-state index in [-0.39, 0.29) is 18.0 Å². The zero-order chi connectivity index (χ0) is 18.5. The van der Waals surface area contributed by atoms with Crippen LogP contribution < -0.4 is 10.9 Å². The summed E-state index contributed by atoms with van der Waals surface area (Å²) in [7, 11) is 0. The van der Waals surface area contributed by atoms with Gasteiger partial charge in [-0.3, -0.25) is 9.59 Å². The molecule has 0 aliphatic rings. The summed E-state index contributed by atoms with van der Waals surface area (Å²) < 4.78 is 3.20. The largest absolute Gasteiger partial charge is 0.354 e. The second-order valence-corrected chi connectivity index (χ2v) is 6.73. The van der Waals surface area contributed by atoms with E-state index >= 15 is 0 Å². The van der Waals surface area contributed by atoms with Crippen molar-refractivity contribution in [2.75, 3.05) is 12.3 Å². The highest BCUT2D eigenvalue weighted by molar-refractivity contribution is 7.99. The van der Waals surface area contributed by atoms with Crippen LogP contribution >= 0.6 is 11.8 Å². The van der Waals surface area contributed by atoms with Crippen molar-refractivity contribution in [1.82, 2.24) is 29.9 Å². The number of benzene rings is 1. The Morgan fingerprint density at radius 3 is 2.88 bits per heavy atom. The standard InChI is InChI=1S/C17H20N6O2S/c1-3-22-12(2)20-21-17(22)26-9-8-18-15(24)11-23-16(25)14-7-5-4-6-13(14)10-19-23/h4-7,10H,3,8-9,11H2,1-2H3,(H,18,24). The molecule has 2 aromatic heterocycles. The second kappa shape index (κ2) is 8.13. The van der Waals surface area contributed by atoms with E-state index in [0.717, 1.165) is 22.9 Å². The topological polar surface area (TPSA) is 94.7 Å². The lowest BCUT2D eigenvalue weighted by Gasteiger charge is -2.08. The minimum Gasteiger partial charge on any atom is -0.354 e. The van der Waals surface area contributed by atoms with E-state index in [4.69, 9.17) is 0 Å². The van der Waals surface area contributed by atoms with Gasteiger partial charge in [0.25, 0.3) is 5.56 Å². The molecule has 0 atom stereocenters. The predicted octanol–water partition coefficient (Wildman–Crippen LogP) is 1.22. The monoisotopic (exact) mass is 372 g/mol. The van der Waals surface area contributed by atoms with Crippen molar-refractivity contribution in [2.45, 2.75) is 32.1 Å². The van der Waals surface area contributed by atoms with Gasteiger partial charge in [-0.1, -0.05) is 30.0 Å². The first-order chi connectivity index (χ1) is 12.6. The molecule has 0 fully saturated rings. The van der Waals surface area contributed by atoms with Gasteiger partial charge in [0.1, 0.15) is 12.4 Å². The maximum Gasteiger partial charge on any atom is 0.275 e. The van der Waals surface area contributed by atoms with Crippen LogP contribution in [0.25, 0.3) is 10.8 Å². The van der Waals surface area contributed by atoms with Crippen molar-refractivity contribution in [3.63, 3.8) is 0 Å². The summed E-state index contributed by atoms with van der Waals surface area (Å²) in [4.78, 5) is 24.4. The summed E-state index contributed by atoms with van der Waals surface area (Å²) in [5.41, 5.74) is -0.265. The van der Waals surface area contributed by atoms with Gasteiger partial charge in [0, 0.05) is 24.2 Å². The fourth-order valence-electron chi connectivity index (χ4n) is 2.60. The van der Waals surface area contributed by atoms with Gasteiger partial charge in [-0.05, 0) is 19.9 Å². The van der Waals surface area contributed by atoms with E-state index in [1.54, 1.807) is 18.3 Å². The zero-order valence-corrected chi connectivity index (χ0v) is 15.5. The predicted molar refractivity (Wildman–Crippen MR) is 100 cm³/mol. The van der Waals surface area contributed by atoms with Crippen LogP contribution in [0.1, 0.15) is 12.7 Å². The molecule has 0 radical (unpaired) electrons. The lowest BCUT2D eigenvalue weighted by Crippen LogP contribution is -2.34. The number of nitrogens with one attached hydrogen (secondary N) is 1. The van der Waals surface area contributed by atoms with Crippen molar-refractivity contribution in [1.29, 1.82) is 0 Å². The van der Waals surface area contributed by atoms with Gasteiger partial charge in [0.05, 0.1) is 11.6 Å². The molecule has 0 saturated heterocycles. The molecule has 1 amide bonds. The van der Waals surface area contributed by atoms with Gasteiger partial charge in [0.2, 0.25) is 5.91 Å². The van der Waals surface area contributed by atoms with Crippen molar-refractivity contribution in [3.8, 4) is 0 Å². The third-order valence-electron chi connectivity index (χ3n) is 3.93. The number of nitrogens with zero attached hydrogens (tertiary/aromatic N) is 5. The number of aryl methyl sites for hydroxylation is 1. The van der Waals surface area contributed by atoms with Gasteiger partial charge >= 0.3 is 0 Å². The SMILES string of the molecule is CCn1c(C)nnc1SCCNC(=O)Cn1ncc2ccccc2c1=O. The quantitative estimate of drug-likeness (QED) is 0.495. The number of rotatable bonds is 7. The van der Waals surface area contributed by atoms with Crippen molar-refractivity contribution in [2.24, 2.45) is 0 Å². The number of carbonyl (C=O) groups is 1. The number of thioether (sulfide) groups is 1. The molecule has 0 aliphatic carbocycles. The smallest absolute Gasteiger partial charge is 0.275 e. The van der Waals surface area contributed by atoms with Gasteiger partial charge in [-0.25, -0.2) is 4.68 Å². The number of hydrogen-bond donors (Lipinski definition) is 1. The summed E-state index contributed by atoms with van der Waals surface area (Å²) in [6.07, 6.45) is 1.60. The lowest BCUT2D eigenvalue weighted by molar-refractivity contribution is -0.121. The molecule has 0 unspecified atom stereocenters. The summed E-state index contributed by atoms with van der Waals surface area (Å²) in [6.45, 7) is 5.14. The van der Waals surface area contributed by atoms with Gasteiger partial charge < -0.3 is 9.88 Å². The van der Waals surface area contributed by atoms with Gasteiger partial charge in [-0.15, -0.1) is 10.2 Å². The van der Waals surface area contributed by atoms with E-state index in [1.165, 1.54) is 16.4 Å². The third kappa shape index (κ3) is 3.93. The molecule has 2 heterocycles. The molecular weight excluding hydrogens is 352 g/mol. The minimum atomic E-state index is -0.265. The Bertz CT molecular complexity index is 981. The number of aromatic nitrogens is 5. The van der Waals surface area contributed by atoms with Crippen LogP contribution in [0.15, 0.2) is 40.4 Å². The van der Waals surface area contributed by atoms with Crippen LogP contribution in [0.3, 0.4) is 0 Å². The molecular formula is C17H20N6O2S. The molecule has 1 aromatic carbocycles. The Kier molecular flexibility index (Phi) is 5.67. The molecule has 3 rings (SSSR count). The van der Waals surface area contributed by atoms with Crippen LogP contribution in [0.4, 0.5) is 0 Å². The first-order valence-electron chi connectivity index (χ1n) is 8.34. The maximum atomic E-state index is 12.4. The van der Waals surface area contributed by atoms with E-state index in [0.29, 0.717) is 17.7 Å². The first-order valence-corrected chi connectivity index (χ1v) is 9.33. The molecule has 0 bridgehead atoms. The summed E-state index contributed by atoms with van der Waals surface area (Å²) in [5, 5.41) is 17.2. The Morgan fingerprint density at radius 2 is 2.08 bits per heavy atom. The van der Waals surface area contributed by atoms with Crippen LogP contribution in [0, 0.1) is 6.92 Å². The van der Waals surface area contributed by atoms with Gasteiger partial charge in [-0.2, -0.15) is 5.10 Å². The molecule has 0 saturated carbocycles. The van der Waals surface area contributed by atoms with Crippen LogP contribution in [0.5, 0.6) is 0 Å². The average molecular weight is 372 g/mol. The molecule has 9 heteroatoms. The van der Waals surface area contributed by atoms with Crippen LogP contribution in [-0.4, -0.2) is 42.7 Å². The fourth-order valence-corrected chi connectivity index (χ4v) is 3.50. The third-order valence-corrected chi connectivity index (χ3v) is 4.90. The number of amides is 1. The Morgan fingerprint density at radius 1 is 1.27 bits per heavy atom. The summed E-state index contributed by atoms with van der Waals surface area (Å²) in [6, 6.07) is 7.19. The van der Waals surface area contributed by atoms with Crippen LogP contribution in [0.2, 0.25) is 0 Å². The summed E-state index contributed by atoms with van der Waals surface area (Å²) in [5.74, 6) is 1.30. The highest BCUT2D eigenvalue weighted by atomic mass is 32.2. The first kappa shape index (κ1) is 18.1. The average Bonchev–Trinajstić information content (AvgIpc) is 3.01. The van der Waals surface area contributed by atoms with E-state index < -0.39 is 0 Å². The highest BCUT2D eigenvalue weighted by Gasteiger charge is 2.10. The maximum absolute atomic E-state index is 12.4. The molecule has 0 aliphatic heterocycles.